The second-order valence-electron chi connectivity index (χ2n) is 4.55. The summed E-state index contributed by atoms with van der Waals surface area (Å²) in [5.41, 5.74) is 0.654. The Balaban J connectivity index is 2.24. The van der Waals surface area contributed by atoms with Gasteiger partial charge in [-0.05, 0) is 31.6 Å². The second kappa shape index (κ2) is 9.09. The standard InChI is InChI=1S/C15H22N2O3/c1-2-17(11-6-9-14(18)19)12-10-16-15(20)13-7-4-3-5-8-13/h3-5,7-8H,2,6,9-12H2,1H3,(H,16,20)(H,18,19). The lowest BCUT2D eigenvalue weighted by molar-refractivity contribution is -0.137. The summed E-state index contributed by atoms with van der Waals surface area (Å²) in [6, 6.07) is 9.09. The van der Waals surface area contributed by atoms with Gasteiger partial charge < -0.3 is 15.3 Å². The number of carboxylic acid groups (broad SMARTS) is 1. The highest BCUT2D eigenvalue weighted by atomic mass is 16.4. The fourth-order valence-electron chi connectivity index (χ4n) is 1.90. The SMILES string of the molecule is CCN(CCCC(=O)O)CCNC(=O)c1ccccc1. The Morgan fingerprint density at radius 2 is 1.90 bits per heavy atom. The van der Waals surface area contributed by atoms with Gasteiger partial charge in [0.25, 0.3) is 5.91 Å². The summed E-state index contributed by atoms with van der Waals surface area (Å²) < 4.78 is 0. The van der Waals surface area contributed by atoms with Crippen LogP contribution in [-0.4, -0.2) is 48.1 Å². The van der Waals surface area contributed by atoms with Crippen LogP contribution in [-0.2, 0) is 4.79 Å². The fourth-order valence-corrected chi connectivity index (χ4v) is 1.90. The summed E-state index contributed by atoms with van der Waals surface area (Å²) in [4.78, 5) is 24.4. The number of nitrogens with one attached hydrogen (secondary N) is 1. The van der Waals surface area contributed by atoms with E-state index in [0.717, 1.165) is 19.6 Å². The Morgan fingerprint density at radius 3 is 2.50 bits per heavy atom. The number of carboxylic acids is 1. The van der Waals surface area contributed by atoms with Gasteiger partial charge in [0.15, 0.2) is 0 Å². The van der Waals surface area contributed by atoms with Crippen LogP contribution >= 0.6 is 0 Å². The zero-order chi connectivity index (χ0) is 14.8. The third-order valence-corrected chi connectivity index (χ3v) is 3.06. The van der Waals surface area contributed by atoms with E-state index in [0.29, 0.717) is 18.5 Å². The molecule has 0 atom stereocenters. The number of likely N-dealkylation sites (N-methyl/N-ethyl adjacent to an activating group) is 1. The molecule has 1 amide bonds. The Bertz CT molecular complexity index is 420. The van der Waals surface area contributed by atoms with Gasteiger partial charge in [0, 0.05) is 25.1 Å². The topological polar surface area (TPSA) is 69.6 Å². The number of hydrogen-bond acceptors (Lipinski definition) is 3. The number of aliphatic carboxylic acids is 1. The van der Waals surface area contributed by atoms with Crippen LogP contribution in [0.3, 0.4) is 0 Å². The molecule has 0 radical (unpaired) electrons. The molecule has 5 heteroatoms. The minimum Gasteiger partial charge on any atom is -0.481 e. The molecule has 110 valence electrons. The molecule has 5 nitrogen and oxygen atoms in total. The molecule has 0 heterocycles. The van der Waals surface area contributed by atoms with E-state index in [4.69, 9.17) is 5.11 Å². The molecule has 0 saturated heterocycles. The van der Waals surface area contributed by atoms with Gasteiger partial charge in [-0.3, -0.25) is 9.59 Å². The van der Waals surface area contributed by atoms with Crippen molar-refractivity contribution in [1.29, 1.82) is 0 Å². The molecule has 20 heavy (non-hydrogen) atoms. The third kappa shape index (κ3) is 6.33. The van der Waals surface area contributed by atoms with Crippen LogP contribution < -0.4 is 5.32 Å². The predicted octanol–water partition coefficient (Wildman–Crippen LogP) is 1.60. The first-order valence-corrected chi connectivity index (χ1v) is 6.91. The summed E-state index contributed by atoms with van der Waals surface area (Å²) >= 11 is 0. The molecule has 1 aromatic carbocycles. The number of benzene rings is 1. The molecule has 0 bridgehead atoms. The van der Waals surface area contributed by atoms with Crippen molar-refractivity contribution in [3.05, 3.63) is 35.9 Å². The van der Waals surface area contributed by atoms with E-state index in [9.17, 15) is 9.59 Å². The molecule has 1 rings (SSSR count). The molecule has 0 aliphatic rings. The van der Waals surface area contributed by atoms with E-state index >= 15 is 0 Å². The van der Waals surface area contributed by atoms with E-state index in [1.807, 2.05) is 25.1 Å². The Kier molecular flexibility index (Phi) is 7.35. The number of carbonyl (C=O) groups excluding carboxylic acids is 1. The Labute approximate surface area is 119 Å². The van der Waals surface area contributed by atoms with Gasteiger partial charge in [-0.15, -0.1) is 0 Å². The summed E-state index contributed by atoms with van der Waals surface area (Å²) in [6.07, 6.45) is 0.822. The molecule has 0 unspecified atom stereocenters. The van der Waals surface area contributed by atoms with Crippen LogP contribution in [0.5, 0.6) is 0 Å². The van der Waals surface area contributed by atoms with E-state index in [1.165, 1.54) is 0 Å². The van der Waals surface area contributed by atoms with E-state index in [-0.39, 0.29) is 12.3 Å². The maximum atomic E-state index is 11.8. The van der Waals surface area contributed by atoms with Crippen molar-refractivity contribution >= 4 is 11.9 Å². The molecule has 0 fully saturated rings. The quantitative estimate of drug-likeness (QED) is 0.720. The molecular weight excluding hydrogens is 256 g/mol. The van der Waals surface area contributed by atoms with Gasteiger partial charge in [-0.2, -0.15) is 0 Å². The van der Waals surface area contributed by atoms with Gasteiger partial charge in [0.2, 0.25) is 0 Å². The number of amides is 1. The second-order valence-corrected chi connectivity index (χ2v) is 4.55. The van der Waals surface area contributed by atoms with Crippen molar-refractivity contribution in [3.8, 4) is 0 Å². The maximum Gasteiger partial charge on any atom is 0.303 e. The minimum atomic E-state index is -0.765. The van der Waals surface area contributed by atoms with Crippen LogP contribution in [0.2, 0.25) is 0 Å². The van der Waals surface area contributed by atoms with Crippen LogP contribution in [0.15, 0.2) is 30.3 Å². The molecule has 0 aromatic heterocycles. The van der Waals surface area contributed by atoms with Crippen molar-refractivity contribution in [3.63, 3.8) is 0 Å². The molecule has 0 spiro atoms. The van der Waals surface area contributed by atoms with Gasteiger partial charge in [0.05, 0.1) is 0 Å². The van der Waals surface area contributed by atoms with E-state index in [2.05, 4.69) is 10.2 Å². The van der Waals surface area contributed by atoms with Crippen LogP contribution in [0.1, 0.15) is 30.1 Å². The van der Waals surface area contributed by atoms with E-state index < -0.39 is 5.97 Å². The molecule has 1 aromatic rings. The number of rotatable bonds is 9. The molecule has 0 aliphatic carbocycles. The first kappa shape index (κ1) is 16.2. The van der Waals surface area contributed by atoms with Crippen molar-refractivity contribution in [2.75, 3.05) is 26.2 Å². The number of carbonyl (C=O) groups is 2. The normalized spacial score (nSPS) is 10.5. The number of hydrogen-bond donors (Lipinski definition) is 2. The lowest BCUT2D eigenvalue weighted by Gasteiger charge is -2.20. The van der Waals surface area contributed by atoms with Crippen LogP contribution in [0.4, 0.5) is 0 Å². The van der Waals surface area contributed by atoms with Crippen molar-refractivity contribution in [2.24, 2.45) is 0 Å². The lowest BCUT2D eigenvalue weighted by Crippen LogP contribution is -2.35. The highest BCUT2D eigenvalue weighted by Crippen LogP contribution is 1.98. The average Bonchev–Trinajstić information content (AvgIpc) is 2.46. The van der Waals surface area contributed by atoms with Crippen molar-refractivity contribution in [2.45, 2.75) is 19.8 Å². The summed E-state index contributed by atoms with van der Waals surface area (Å²) in [5, 5.41) is 11.5. The zero-order valence-electron chi connectivity index (χ0n) is 11.8. The third-order valence-electron chi connectivity index (χ3n) is 3.06. The van der Waals surface area contributed by atoms with Gasteiger partial charge in [-0.1, -0.05) is 25.1 Å². The molecule has 0 saturated carbocycles. The summed E-state index contributed by atoms with van der Waals surface area (Å²) in [5.74, 6) is -0.842. The van der Waals surface area contributed by atoms with E-state index in [1.54, 1.807) is 12.1 Å². The van der Waals surface area contributed by atoms with Gasteiger partial charge in [-0.25, -0.2) is 0 Å². The average molecular weight is 278 g/mol. The zero-order valence-corrected chi connectivity index (χ0v) is 11.8. The van der Waals surface area contributed by atoms with Crippen molar-refractivity contribution in [1.82, 2.24) is 10.2 Å². The highest BCUT2D eigenvalue weighted by molar-refractivity contribution is 5.94. The minimum absolute atomic E-state index is 0.0767. The van der Waals surface area contributed by atoms with Crippen molar-refractivity contribution < 1.29 is 14.7 Å². The highest BCUT2D eigenvalue weighted by Gasteiger charge is 2.06. The maximum absolute atomic E-state index is 11.8. The Morgan fingerprint density at radius 1 is 1.20 bits per heavy atom. The Hall–Kier alpha value is -1.88. The predicted molar refractivity (Wildman–Crippen MR) is 77.8 cm³/mol. The first-order valence-electron chi connectivity index (χ1n) is 6.91. The number of nitrogens with zero attached hydrogens (tertiary/aromatic N) is 1. The van der Waals surface area contributed by atoms with Gasteiger partial charge in [0.1, 0.15) is 0 Å². The molecule has 2 N–H and O–H groups in total. The summed E-state index contributed by atoms with van der Waals surface area (Å²) in [6.45, 7) is 4.91. The van der Waals surface area contributed by atoms with Crippen LogP contribution in [0.25, 0.3) is 0 Å². The smallest absolute Gasteiger partial charge is 0.303 e. The van der Waals surface area contributed by atoms with Crippen LogP contribution in [0, 0.1) is 0 Å². The monoisotopic (exact) mass is 278 g/mol. The molecular formula is C15H22N2O3. The van der Waals surface area contributed by atoms with Gasteiger partial charge >= 0.3 is 5.97 Å². The fraction of sp³-hybridized carbons (Fsp3) is 0.467. The molecule has 0 aliphatic heterocycles. The first-order chi connectivity index (χ1) is 9.63. The largest absolute Gasteiger partial charge is 0.481 e. The summed E-state index contributed by atoms with van der Waals surface area (Å²) in [7, 11) is 0. The lowest BCUT2D eigenvalue weighted by atomic mass is 10.2.